The summed E-state index contributed by atoms with van der Waals surface area (Å²) in [6.45, 7) is 3.93. The molecule has 1 amide bonds. The van der Waals surface area contributed by atoms with Gasteiger partial charge in [-0.05, 0) is 71.8 Å². The van der Waals surface area contributed by atoms with Crippen LogP contribution in [0.3, 0.4) is 0 Å². The number of rotatable bonds is 13. The van der Waals surface area contributed by atoms with Gasteiger partial charge in [0.25, 0.3) is 5.91 Å². The summed E-state index contributed by atoms with van der Waals surface area (Å²) in [5, 5.41) is 32.7. The highest BCUT2D eigenvalue weighted by Crippen LogP contribution is 2.42. The fourth-order valence-corrected chi connectivity index (χ4v) is 5.57. The number of carboxylic acid groups (broad SMARTS) is 1. The maximum absolute atomic E-state index is 14.1. The van der Waals surface area contributed by atoms with Crippen LogP contribution in [0.2, 0.25) is 0 Å². The van der Waals surface area contributed by atoms with E-state index >= 15 is 0 Å². The van der Waals surface area contributed by atoms with Gasteiger partial charge in [-0.15, -0.1) is 0 Å². The number of amides is 1. The number of aliphatic hydroxyl groups excluding tert-OH is 2. The SMILES string of the molecule is CC(C)c1c(C(=O)NCc2ccc(C(F)(F)F)cc2)c(-c2ccccc2)c(-c2ccc(F)cc2)n1CC[C@@H](O)C[C@@H](O)CC(=O)O. The summed E-state index contributed by atoms with van der Waals surface area (Å²) in [6, 6.07) is 19.4. The van der Waals surface area contributed by atoms with Crippen molar-refractivity contribution in [3.63, 3.8) is 0 Å². The highest BCUT2D eigenvalue weighted by atomic mass is 19.4. The molecule has 1 heterocycles. The summed E-state index contributed by atoms with van der Waals surface area (Å²) in [5.74, 6) is -2.35. The van der Waals surface area contributed by atoms with Gasteiger partial charge in [-0.2, -0.15) is 13.2 Å². The number of nitrogens with zero attached hydrogens (tertiary/aromatic N) is 1. The van der Waals surface area contributed by atoms with Crippen molar-refractivity contribution in [2.24, 2.45) is 0 Å². The van der Waals surface area contributed by atoms with E-state index in [1.807, 2.05) is 48.7 Å². The Hall–Kier alpha value is -4.48. The number of carbonyl (C=O) groups is 2. The number of aliphatic hydroxyl groups is 2. The lowest BCUT2D eigenvalue weighted by atomic mass is 9.94. The van der Waals surface area contributed by atoms with Crippen LogP contribution in [0.4, 0.5) is 17.6 Å². The van der Waals surface area contributed by atoms with Gasteiger partial charge in [-0.1, -0.05) is 56.3 Å². The van der Waals surface area contributed by atoms with Crippen LogP contribution >= 0.6 is 0 Å². The maximum atomic E-state index is 14.1. The predicted molar refractivity (Wildman–Crippen MR) is 165 cm³/mol. The molecule has 244 valence electrons. The Kier molecular flexibility index (Phi) is 11.0. The molecule has 46 heavy (non-hydrogen) atoms. The zero-order chi connectivity index (χ0) is 33.6. The molecular formula is C35H36F4N2O5. The number of halogens is 4. The third-order valence-electron chi connectivity index (χ3n) is 7.63. The van der Waals surface area contributed by atoms with Gasteiger partial charge >= 0.3 is 12.1 Å². The first-order valence-electron chi connectivity index (χ1n) is 14.9. The Morgan fingerprint density at radius 1 is 0.870 bits per heavy atom. The van der Waals surface area contributed by atoms with Gasteiger partial charge in [-0.25, -0.2) is 4.39 Å². The van der Waals surface area contributed by atoms with E-state index in [-0.39, 0.29) is 31.8 Å². The molecule has 0 spiro atoms. The summed E-state index contributed by atoms with van der Waals surface area (Å²) in [5.41, 5.74) is 3.05. The smallest absolute Gasteiger partial charge is 0.416 e. The fraction of sp³-hybridized carbons (Fsp3) is 0.314. The van der Waals surface area contributed by atoms with Gasteiger partial charge < -0.3 is 25.2 Å². The largest absolute Gasteiger partial charge is 0.481 e. The summed E-state index contributed by atoms with van der Waals surface area (Å²) in [6.07, 6.45) is -7.36. The molecule has 2 atom stereocenters. The third kappa shape index (κ3) is 8.41. The summed E-state index contributed by atoms with van der Waals surface area (Å²) < 4.78 is 55.1. The van der Waals surface area contributed by atoms with Crippen molar-refractivity contribution in [2.75, 3.05) is 0 Å². The average Bonchev–Trinajstić information content (AvgIpc) is 3.34. The van der Waals surface area contributed by atoms with Gasteiger partial charge in [0.1, 0.15) is 5.82 Å². The molecule has 4 N–H and O–H groups in total. The number of carboxylic acids is 1. The third-order valence-corrected chi connectivity index (χ3v) is 7.63. The van der Waals surface area contributed by atoms with Crippen LogP contribution in [0.1, 0.15) is 66.2 Å². The standard InChI is InChI=1S/C35H36F4N2O5/c1-21(2)32-31(34(46)40-20-22-8-12-25(13-9-22)35(37,38)39)30(23-6-4-3-5-7-23)33(24-10-14-26(36)15-11-24)41(32)17-16-27(42)18-28(43)19-29(44)45/h3-15,21,27-28,42-43H,16-20H2,1-2H3,(H,40,46)(H,44,45)/t27-,28-/m1/s1. The molecule has 0 aliphatic heterocycles. The van der Waals surface area contributed by atoms with Crippen molar-refractivity contribution in [1.82, 2.24) is 9.88 Å². The Morgan fingerprint density at radius 3 is 2.07 bits per heavy atom. The molecule has 1 aromatic heterocycles. The van der Waals surface area contributed by atoms with Crippen molar-refractivity contribution in [3.8, 4) is 22.4 Å². The highest BCUT2D eigenvalue weighted by molar-refractivity contribution is 6.06. The van der Waals surface area contributed by atoms with E-state index < -0.39 is 48.1 Å². The van der Waals surface area contributed by atoms with E-state index in [1.54, 1.807) is 12.1 Å². The molecule has 0 saturated heterocycles. The van der Waals surface area contributed by atoms with Crippen LogP contribution in [0.25, 0.3) is 22.4 Å². The van der Waals surface area contributed by atoms with Crippen molar-refractivity contribution in [1.29, 1.82) is 0 Å². The molecule has 0 aliphatic carbocycles. The summed E-state index contributed by atoms with van der Waals surface area (Å²) in [7, 11) is 0. The van der Waals surface area contributed by atoms with E-state index in [4.69, 9.17) is 5.11 Å². The van der Waals surface area contributed by atoms with Crippen LogP contribution in [0.15, 0.2) is 78.9 Å². The second kappa shape index (κ2) is 14.7. The molecule has 7 nitrogen and oxygen atoms in total. The number of nitrogens with one attached hydrogen (secondary N) is 1. The monoisotopic (exact) mass is 640 g/mol. The normalized spacial score (nSPS) is 13.1. The van der Waals surface area contributed by atoms with Crippen molar-refractivity contribution in [2.45, 2.75) is 70.5 Å². The first-order valence-corrected chi connectivity index (χ1v) is 14.9. The van der Waals surface area contributed by atoms with Crippen molar-refractivity contribution >= 4 is 11.9 Å². The first-order chi connectivity index (χ1) is 21.8. The van der Waals surface area contributed by atoms with Gasteiger partial charge in [0.2, 0.25) is 0 Å². The quantitative estimate of drug-likeness (QED) is 0.118. The predicted octanol–water partition coefficient (Wildman–Crippen LogP) is 7.01. The number of hydrogen-bond donors (Lipinski definition) is 4. The van der Waals surface area contributed by atoms with Gasteiger partial charge in [-0.3, -0.25) is 9.59 Å². The zero-order valence-corrected chi connectivity index (χ0v) is 25.4. The van der Waals surface area contributed by atoms with Gasteiger partial charge in [0.05, 0.1) is 35.4 Å². The fourth-order valence-electron chi connectivity index (χ4n) is 5.57. The van der Waals surface area contributed by atoms with E-state index in [2.05, 4.69) is 5.32 Å². The van der Waals surface area contributed by atoms with Gasteiger partial charge in [0, 0.05) is 24.3 Å². The Balaban J connectivity index is 1.81. The molecule has 3 aromatic carbocycles. The topological polar surface area (TPSA) is 112 Å². The zero-order valence-electron chi connectivity index (χ0n) is 25.4. The van der Waals surface area contributed by atoms with E-state index in [1.165, 1.54) is 24.3 Å². The lowest BCUT2D eigenvalue weighted by molar-refractivity contribution is -0.139. The van der Waals surface area contributed by atoms with Crippen molar-refractivity contribution < 1.29 is 42.5 Å². The number of alkyl halides is 3. The number of benzene rings is 3. The van der Waals surface area contributed by atoms with E-state index in [9.17, 15) is 37.4 Å². The Bertz CT molecular complexity index is 1630. The molecule has 11 heteroatoms. The Labute approximate surface area is 264 Å². The van der Waals surface area contributed by atoms with Crippen LogP contribution < -0.4 is 5.32 Å². The molecule has 4 aromatic rings. The maximum Gasteiger partial charge on any atom is 0.416 e. The number of carbonyl (C=O) groups excluding carboxylic acids is 1. The molecule has 0 aliphatic rings. The van der Waals surface area contributed by atoms with E-state index in [0.717, 1.165) is 12.1 Å². The van der Waals surface area contributed by atoms with Crippen LogP contribution in [-0.2, 0) is 24.1 Å². The summed E-state index contributed by atoms with van der Waals surface area (Å²) in [4.78, 5) is 25.1. The average molecular weight is 641 g/mol. The van der Waals surface area contributed by atoms with E-state index in [0.29, 0.717) is 39.2 Å². The minimum Gasteiger partial charge on any atom is -0.481 e. The second-order valence-electron chi connectivity index (χ2n) is 11.5. The highest BCUT2D eigenvalue weighted by Gasteiger charge is 2.32. The lowest BCUT2D eigenvalue weighted by Gasteiger charge is -2.20. The van der Waals surface area contributed by atoms with Gasteiger partial charge in [0.15, 0.2) is 0 Å². The second-order valence-corrected chi connectivity index (χ2v) is 11.5. The number of hydrogen-bond acceptors (Lipinski definition) is 4. The minimum absolute atomic E-state index is 0.0417. The molecule has 0 radical (unpaired) electrons. The van der Waals surface area contributed by atoms with Crippen LogP contribution in [-0.4, -0.2) is 44.0 Å². The first kappa shape index (κ1) is 34.4. The van der Waals surface area contributed by atoms with Crippen molar-refractivity contribution in [3.05, 3.63) is 107 Å². The lowest BCUT2D eigenvalue weighted by Crippen LogP contribution is -2.25. The minimum atomic E-state index is -4.49. The molecule has 4 rings (SSSR count). The molecule has 0 saturated carbocycles. The van der Waals surface area contributed by atoms with Crippen LogP contribution in [0.5, 0.6) is 0 Å². The Morgan fingerprint density at radius 2 is 1.50 bits per heavy atom. The molecular weight excluding hydrogens is 604 g/mol. The summed E-state index contributed by atoms with van der Waals surface area (Å²) >= 11 is 0. The number of aromatic nitrogens is 1. The molecule has 0 fully saturated rings. The number of aliphatic carboxylic acids is 1. The van der Waals surface area contributed by atoms with Crippen LogP contribution in [0, 0.1) is 5.82 Å². The molecule has 0 bridgehead atoms. The molecule has 0 unspecified atom stereocenters.